The molecular formula is C18H14N4O4. The molecule has 0 saturated heterocycles. The van der Waals surface area contributed by atoms with Crippen molar-refractivity contribution in [3.05, 3.63) is 81.9 Å². The highest BCUT2D eigenvalue weighted by Crippen LogP contribution is 2.28. The van der Waals surface area contributed by atoms with Gasteiger partial charge < -0.3 is 4.42 Å². The number of benzene rings is 1. The number of aromatic nitrogens is 1. The Morgan fingerprint density at radius 3 is 2.88 bits per heavy atom. The molecule has 1 aromatic carbocycles. The largest absolute Gasteiger partial charge is 0.455 e. The summed E-state index contributed by atoms with van der Waals surface area (Å²) in [7, 11) is 0. The van der Waals surface area contributed by atoms with Crippen LogP contribution in [0.25, 0.3) is 11.3 Å². The number of furan rings is 1. The summed E-state index contributed by atoms with van der Waals surface area (Å²) in [5.41, 5.74) is 4.22. The number of hydrazone groups is 1. The third kappa shape index (κ3) is 3.81. The van der Waals surface area contributed by atoms with Crippen molar-refractivity contribution in [2.24, 2.45) is 5.10 Å². The quantitative estimate of drug-likeness (QED) is 0.431. The zero-order valence-electron chi connectivity index (χ0n) is 13.7. The van der Waals surface area contributed by atoms with E-state index < -0.39 is 10.8 Å². The number of hydrogen-bond acceptors (Lipinski definition) is 6. The molecule has 3 aromatic rings. The fraction of sp³-hybridized carbons (Fsp3) is 0.0556. The molecule has 26 heavy (non-hydrogen) atoms. The fourth-order valence-electron chi connectivity index (χ4n) is 2.27. The minimum Gasteiger partial charge on any atom is -0.455 e. The number of nitrogens with one attached hydrogen (secondary N) is 1. The first-order valence-corrected chi connectivity index (χ1v) is 7.63. The van der Waals surface area contributed by atoms with Crippen molar-refractivity contribution < 1.29 is 14.1 Å². The van der Waals surface area contributed by atoms with Crippen LogP contribution in [-0.4, -0.2) is 22.0 Å². The van der Waals surface area contributed by atoms with Gasteiger partial charge in [-0.15, -0.1) is 0 Å². The van der Waals surface area contributed by atoms with E-state index in [0.29, 0.717) is 22.6 Å². The number of nitro benzene ring substituents is 1. The number of aryl methyl sites for hydroxylation is 1. The van der Waals surface area contributed by atoms with Gasteiger partial charge in [0.05, 0.1) is 16.7 Å². The van der Waals surface area contributed by atoms with Crippen LogP contribution in [0.3, 0.4) is 0 Å². The summed E-state index contributed by atoms with van der Waals surface area (Å²) >= 11 is 0. The number of nitro groups is 1. The van der Waals surface area contributed by atoms with Gasteiger partial charge in [0.25, 0.3) is 11.6 Å². The SMILES string of the molecule is Cc1ccc([N+](=O)[O-])cc1-c1ccc(C=NNC(=O)c2cccnc2)o1. The molecule has 1 amide bonds. The van der Waals surface area contributed by atoms with Gasteiger partial charge in [-0.25, -0.2) is 5.43 Å². The maximum atomic E-state index is 11.8. The third-order valence-electron chi connectivity index (χ3n) is 3.61. The second kappa shape index (κ2) is 7.39. The smallest absolute Gasteiger partial charge is 0.272 e. The zero-order chi connectivity index (χ0) is 18.5. The standard InChI is InChI=1S/C18H14N4O4/c1-12-4-5-14(22(24)25)9-16(12)17-7-6-15(26-17)11-20-21-18(23)13-3-2-8-19-10-13/h2-11H,1H3,(H,21,23). The molecule has 130 valence electrons. The Morgan fingerprint density at radius 1 is 1.31 bits per heavy atom. The highest BCUT2D eigenvalue weighted by Gasteiger charge is 2.13. The summed E-state index contributed by atoms with van der Waals surface area (Å²) in [5, 5.41) is 14.8. The van der Waals surface area contributed by atoms with E-state index in [0.717, 1.165) is 5.56 Å². The summed E-state index contributed by atoms with van der Waals surface area (Å²) < 4.78 is 5.64. The van der Waals surface area contributed by atoms with Gasteiger partial charge in [-0.2, -0.15) is 5.10 Å². The van der Waals surface area contributed by atoms with Gasteiger partial charge in [0.2, 0.25) is 0 Å². The number of carbonyl (C=O) groups excluding carboxylic acids is 1. The van der Waals surface area contributed by atoms with E-state index in [9.17, 15) is 14.9 Å². The Morgan fingerprint density at radius 2 is 2.15 bits per heavy atom. The van der Waals surface area contributed by atoms with Crippen LogP contribution < -0.4 is 5.43 Å². The van der Waals surface area contributed by atoms with Gasteiger partial charge >= 0.3 is 0 Å². The molecule has 2 aromatic heterocycles. The Kier molecular flexibility index (Phi) is 4.84. The molecule has 0 aliphatic heterocycles. The summed E-state index contributed by atoms with van der Waals surface area (Å²) in [4.78, 5) is 26.2. The van der Waals surface area contributed by atoms with Crippen LogP contribution in [0.15, 0.2) is 64.4 Å². The molecule has 0 radical (unpaired) electrons. The monoisotopic (exact) mass is 350 g/mol. The van der Waals surface area contributed by atoms with Gasteiger partial charge in [0.1, 0.15) is 11.5 Å². The number of nitrogens with zero attached hydrogens (tertiary/aromatic N) is 3. The summed E-state index contributed by atoms with van der Waals surface area (Å²) in [6.07, 6.45) is 4.35. The predicted molar refractivity (Wildman–Crippen MR) is 94.8 cm³/mol. The molecule has 8 nitrogen and oxygen atoms in total. The number of non-ortho nitro benzene ring substituents is 1. The van der Waals surface area contributed by atoms with E-state index in [-0.39, 0.29) is 5.69 Å². The van der Waals surface area contributed by atoms with E-state index >= 15 is 0 Å². The topological polar surface area (TPSA) is 111 Å². The minimum atomic E-state index is -0.456. The maximum absolute atomic E-state index is 11.8. The van der Waals surface area contributed by atoms with E-state index in [2.05, 4.69) is 15.5 Å². The number of rotatable bonds is 5. The molecule has 0 saturated carbocycles. The Balaban J connectivity index is 1.73. The first-order chi connectivity index (χ1) is 12.5. The lowest BCUT2D eigenvalue weighted by molar-refractivity contribution is -0.384. The fourth-order valence-corrected chi connectivity index (χ4v) is 2.27. The molecule has 0 aliphatic rings. The summed E-state index contributed by atoms with van der Waals surface area (Å²) in [5.74, 6) is 0.485. The van der Waals surface area contributed by atoms with Crippen LogP contribution >= 0.6 is 0 Å². The van der Waals surface area contributed by atoms with Crippen molar-refractivity contribution in [3.63, 3.8) is 0 Å². The van der Waals surface area contributed by atoms with Crippen LogP contribution in [-0.2, 0) is 0 Å². The van der Waals surface area contributed by atoms with Crippen molar-refractivity contribution in [2.75, 3.05) is 0 Å². The van der Waals surface area contributed by atoms with Gasteiger partial charge in [-0.1, -0.05) is 6.07 Å². The number of carbonyl (C=O) groups is 1. The molecule has 2 heterocycles. The van der Waals surface area contributed by atoms with Crippen molar-refractivity contribution in [1.29, 1.82) is 0 Å². The first-order valence-electron chi connectivity index (χ1n) is 7.63. The number of pyridine rings is 1. The molecule has 0 atom stereocenters. The lowest BCUT2D eigenvalue weighted by Crippen LogP contribution is -2.17. The molecule has 8 heteroatoms. The zero-order valence-corrected chi connectivity index (χ0v) is 13.7. The Bertz CT molecular complexity index is 980. The molecule has 0 bridgehead atoms. The average Bonchev–Trinajstić information content (AvgIpc) is 3.11. The van der Waals surface area contributed by atoms with E-state index in [1.165, 1.54) is 24.5 Å². The molecule has 3 rings (SSSR count). The van der Waals surface area contributed by atoms with Crippen LogP contribution in [0.4, 0.5) is 5.69 Å². The van der Waals surface area contributed by atoms with E-state index in [1.54, 1.807) is 36.5 Å². The van der Waals surface area contributed by atoms with Crippen LogP contribution in [0.1, 0.15) is 21.7 Å². The minimum absolute atomic E-state index is 0.0130. The van der Waals surface area contributed by atoms with Gasteiger partial charge in [0, 0.05) is 30.1 Å². The normalized spacial score (nSPS) is 10.8. The first kappa shape index (κ1) is 17.0. The van der Waals surface area contributed by atoms with Crippen LogP contribution in [0, 0.1) is 17.0 Å². The molecule has 0 unspecified atom stereocenters. The molecule has 0 spiro atoms. The van der Waals surface area contributed by atoms with Crippen molar-refractivity contribution in [3.8, 4) is 11.3 Å². The van der Waals surface area contributed by atoms with Crippen molar-refractivity contribution in [2.45, 2.75) is 6.92 Å². The number of amides is 1. The second-order valence-corrected chi connectivity index (χ2v) is 5.40. The molecule has 0 aliphatic carbocycles. The van der Waals surface area contributed by atoms with E-state index in [1.807, 2.05) is 6.92 Å². The second-order valence-electron chi connectivity index (χ2n) is 5.40. The Hall–Kier alpha value is -3.81. The third-order valence-corrected chi connectivity index (χ3v) is 3.61. The summed E-state index contributed by atoms with van der Waals surface area (Å²) in [6, 6.07) is 11.2. The van der Waals surface area contributed by atoms with E-state index in [4.69, 9.17) is 4.42 Å². The van der Waals surface area contributed by atoms with Crippen LogP contribution in [0.2, 0.25) is 0 Å². The maximum Gasteiger partial charge on any atom is 0.272 e. The number of hydrogen-bond donors (Lipinski definition) is 1. The molecular weight excluding hydrogens is 336 g/mol. The van der Waals surface area contributed by atoms with Gasteiger partial charge in [-0.3, -0.25) is 19.9 Å². The highest BCUT2D eigenvalue weighted by molar-refractivity contribution is 5.94. The van der Waals surface area contributed by atoms with Crippen LogP contribution in [0.5, 0.6) is 0 Å². The molecule has 1 N–H and O–H groups in total. The van der Waals surface area contributed by atoms with Crippen molar-refractivity contribution in [1.82, 2.24) is 10.4 Å². The Labute approximate surface area is 148 Å². The molecule has 0 fully saturated rings. The van der Waals surface area contributed by atoms with Crippen molar-refractivity contribution >= 4 is 17.8 Å². The van der Waals surface area contributed by atoms with Gasteiger partial charge in [-0.05, 0) is 36.8 Å². The van der Waals surface area contributed by atoms with Gasteiger partial charge in [0.15, 0.2) is 0 Å². The lowest BCUT2D eigenvalue weighted by Gasteiger charge is -2.02. The highest BCUT2D eigenvalue weighted by atomic mass is 16.6. The summed E-state index contributed by atoms with van der Waals surface area (Å²) in [6.45, 7) is 1.84. The lowest BCUT2D eigenvalue weighted by atomic mass is 10.1. The average molecular weight is 350 g/mol. The predicted octanol–water partition coefficient (Wildman–Crippen LogP) is 3.32.